The molecule has 0 fully saturated rings. The van der Waals surface area contributed by atoms with E-state index in [1.165, 1.54) is 5.56 Å². The molecule has 0 unspecified atom stereocenters. The van der Waals surface area contributed by atoms with Crippen molar-refractivity contribution in [3.63, 3.8) is 0 Å². The molecule has 3 heteroatoms. The van der Waals surface area contributed by atoms with Gasteiger partial charge in [0.1, 0.15) is 12.2 Å². The van der Waals surface area contributed by atoms with Gasteiger partial charge in [-0.25, -0.2) is 0 Å². The Morgan fingerprint density at radius 1 is 1.38 bits per heavy atom. The van der Waals surface area contributed by atoms with Crippen LogP contribution in [-0.4, -0.2) is 24.3 Å². The van der Waals surface area contributed by atoms with Gasteiger partial charge in [-0.05, 0) is 46.3 Å². The lowest BCUT2D eigenvalue weighted by Crippen LogP contribution is -2.37. The van der Waals surface area contributed by atoms with Gasteiger partial charge in [-0.15, -0.1) is 0 Å². The summed E-state index contributed by atoms with van der Waals surface area (Å²) in [5.41, 5.74) is 2.19. The number of ether oxygens (including phenoxy) is 2. The quantitative estimate of drug-likeness (QED) is 0.838. The Balaban J connectivity index is 1.94. The predicted molar refractivity (Wildman–Crippen MR) is 87.2 cm³/mol. The lowest BCUT2D eigenvalue weighted by Gasteiger charge is -2.22. The highest BCUT2D eigenvalue weighted by Gasteiger charge is 2.32. The summed E-state index contributed by atoms with van der Waals surface area (Å²) in [6, 6.07) is 6.09. The molecule has 3 nitrogen and oxygen atoms in total. The fraction of sp³-hybridized carbons (Fsp3) is 0.556. The molecule has 0 amide bonds. The zero-order valence-corrected chi connectivity index (χ0v) is 13.9. The highest BCUT2D eigenvalue weighted by Crippen LogP contribution is 2.41. The number of rotatable bonds is 5. The van der Waals surface area contributed by atoms with Crippen molar-refractivity contribution >= 4 is 0 Å². The van der Waals surface area contributed by atoms with Crippen molar-refractivity contribution in [2.45, 2.75) is 52.2 Å². The molecule has 1 aromatic carbocycles. The Morgan fingerprint density at radius 3 is 2.76 bits per heavy atom. The van der Waals surface area contributed by atoms with E-state index in [9.17, 15) is 0 Å². The van der Waals surface area contributed by atoms with Gasteiger partial charge in [0.25, 0.3) is 0 Å². The normalized spacial score (nSPS) is 16.2. The minimum Gasteiger partial charge on any atom is -0.485 e. The molecule has 0 aromatic heterocycles. The summed E-state index contributed by atoms with van der Waals surface area (Å²) >= 11 is 0. The smallest absolute Gasteiger partial charge is 0.165 e. The van der Waals surface area contributed by atoms with Crippen molar-refractivity contribution in [2.24, 2.45) is 0 Å². The van der Waals surface area contributed by atoms with Crippen molar-refractivity contribution in [1.29, 1.82) is 0 Å². The summed E-state index contributed by atoms with van der Waals surface area (Å²) in [5, 5.41) is 3.41. The molecular formula is C18H27NO2. The predicted octanol–water partition coefficient (Wildman–Crippen LogP) is 3.72. The lowest BCUT2D eigenvalue weighted by molar-refractivity contribution is 0.133. The highest BCUT2D eigenvalue weighted by molar-refractivity contribution is 5.50. The number of hydrogen-bond donors (Lipinski definition) is 1. The highest BCUT2D eigenvalue weighted by atomic mass is 16.5. The largest absolute Gasteiger partial charge is 0.485 e. The molecule has 1 heterocycles. The molecule has 1 aliphatic heterocycles. The summed E-state index contributed by atoms with van der Waals surface area (Å²) in [6.45, 7) is 15.9. The second-order valence-electron chi connectivity index (χ2n) is 7.43. The number of nitrogens with one attached hydrogen (secondary N) is 1. The Morgan fingerprint density at radius 2 is 2.10 bits per heavy atom. The second-order valence-corrected chi connectivity index (χ2v) is 7.43. The van der Waals surface area contributed by atoms with Crippen LogP contribution in [-0.2, 0) is 6.42 Å². The van der Waals surface area contributed by atoms with Crippen LogP contribution in [0, 0.1) is 0 Å². The summed E-state index contributed by atoms with van der Waals surface area (Å²) in [5.74, 6) is 1.70. The van der Waals surface area contributed by atoms with E-state index in [1.807, 2.05) is 12.1 Å². The fourth-order valence-electron chi connectivity index (χ4n) is 2.32. The van der Waals surface area contributed by atoms with Gasteiger partial charge in [0.15, 0.2) is 11.5 Å². The first-order valence-corrected chi connectivity index (χ1v) is 7.52. The first-order chi connectivity index (χ1) is 9.66. The molecule has 0 aliphatic carbocycles. The lowest BCUT2D eigenvalue weighted by atomic mass is 10.0. The van der Waals surface area contributed by atoms with Gasteiger partial charge < -0.3 is 14.8 Å². The van der Waals surface area contributed by atoms with E-state index >= 15 is 0 Å². The first-order valence-electron chi connectivity index (χ1n) is 7.52. The number of fused-ring (bicyclic) bond motifs is 1. The maximum atomic E-state index is 6.00. The topological polar surface area (TPSA) is 30.5 Å². The molecule has 0 saturated carbocycles. The van der Waals surface area contributed by atoms with Crippen LogP contribution in [0.4, 0.5) is 0 Å². The van der Waals surface area contributed by atoms with Crippen LogP contribution >= 0.6 is 0 Å². The van der Waals surface area contributed by atoms with Crippen molar-refractivity contribution in [1.82, 2.24) is 5.32 Å². The Kier molecular flexibility index (Phi) is 4.33. The second kappa shape index (κ2) is 5.72. The average molecular weight is 289 g/mol. The Labute approximate surface area is 128 Å². The third-order valence-electron chi connectivity index (χ3n) is 3.36. The van der Waals surface area contributed by atoms with Crippen LogP contribution in [0.1, 0.15) is 40.2 Å². The summed E-state index contributed by atoms with van der Waals surface area (Å²) in [6.07, 6.45) is 0.923. The summed E-state index contributed by atoms with van der Waals surface area (Å²) in [4.78, 5) is 0. The van der Waals surface area contributed by atoms with Crippen molar-refractivity contribution in [3.8, 4) is 11.5 Å². The van der Waals surface area contributed by atoms with Gasteiger partial charge in [-0.3, -0.25) is 0 Å². The van der Waals surface area contributed by atoms with Gasteiger partial charge in [0.2, 0.25) is 0 Å². The van der Waals surface area contributed by atoms with Crippen molar-refractivity contribution < 1.29 is 9.47 Å². The number of benzene rings is 1. The van der Waals surface area contributed by atoms with E-state index in [0.29, 0.717) is 6.61 Å². The molecule has 0 bridgehead atoms. The molecule has 2 rings (SSSR count). The van der Waals surface area contributed by atoms with Crippen LogP contribution in [0.5, 0.6) is 11.5 Å². The monoisotopic (exact) mass is 289 g/mol. The SMILES string of the molecule is C=C(CNC(C)(C)C)COc1cccc2c1OC(C)(C)C2. The van der Waals surface area contributed by atoms with Gasteiger partial charge in [0.05, 0.1) is 0 Å². The Bertz CT molecular complexity index is 527. The molecule has 0 saturated heterocycles. The molecule has 1 aliphatic rings. The minimum absolute atomic E-state index is 0.0874. The maximum absolute atomic E-state index is 6.00. The third-order valence-corrected chi connectivity index (χ3v) is 3.36. The molecule has 116 valence electrons. The van der Waals surface area contributed by atoms with Gasteiger partial charge >= 0.3 is 0 Å². The molecule has 21 heavy (non-hydrogen) atoms. The maximum Gasteiger partial charge on any atom is 0.165 e. The van der Waals surface area contributed by atoms with E-state index in [1.54, 1.807) is 0 Å². The molecule has 0 atom stereocenters. The molecule has 0 spiro atoms. The van der Waals surface area contributed by atoms with E-state index in [4.69, 9.17) is 9.47 Å². The molecule has 0 radical (unpaired) electrons. The summed E-state index contributed by atoms with van der Waals surface area (Å²) in [7, 11) is 0. The van der Waals surface area contributed by atoms with E-state index in [-0.39, 0.29) is 11.1 Å². The van der Waals surface area contributed by atoms with Crippen LogP contribution in [0.2, 0.25) is 0 Å². The van der Waals surface area contributed by atoms with E-state index in [2.05, 4.69) is 52.6 Å². The third kappa shape index (κ3) is 4.50. The van der Waals surface area contributed by atoms with Crippen LogP contribution in [0.25, 0.3) is 0 Å². The first kappa shape index (κ1) is 15.9. The fourth-order valence-corrected chi connectivity index (χ4v) is 2.32. The van der Waals surface area contributed by atoms with Gasteiger partial charge in [0, 0.05) is 24.1 Å². The van der Waals surface area contributed by atoms with Crippen LogP contribution < -0.4 is 14.8 Å². The van der Waals surface area contributed by atoms with Gasteiger partial charge in [-0.1, -0.05) is 18.7 Å². The van der Waals surface area contributed by atoms with E-state index in [0.717, 1.165) is 30.0 Å². The van der Waals surface area contributed by atoms with Crippen LogP contribution in [0.3, 0.4) is 0 Å². The minimum atomic E-state index is -0.146. The average Bonchev–Trinajstić information content (AvgIpc) is 2.67. The van der Waals surface area contributed by atoms with Crippen LogP contribution in [0.15, 0.2) is 30.4 Å². The molecule has 1 N–H and O–H groups in total. The molecule has 1 aromatic rings. The zero-order chi connectivity index (χ0) is 15.7. The van der Waals surface area contributed by atoms with Gasteiger partial charge in [-0.2, -0.15) is 0 Å². The number of para-hydroxylation sites is 1. The Hall–Kier alpha value is -1.48. The van der Waals surface area contributed by atoms with Crippen molar-refractivity contribution in [2.75, 3.05) is 13.2 Å². The molecular weight excluding hydrogens is 262 g/mol. The zero-order valence-electron chi connectivity index (χ0n) is 13.9. The number of hydrogen-bond acceptors (Lipinski definition) is 3. The standard InChI is InChI=1S/C18H27NO2/c1-13(11-19-17(2,3)4)12-20-15-9-7-8-14-10-18(5,6)21-16(14)15/h7-9,19H,1,10-12H2,2-6H3. The van der Waals surface area contributed by atoms with Crippen molar-refractivity contribution in [3.05, 3.63) is 35.9 Å². The summed E-state index contributed by atoms with van der Waals surface area (Å²) < 4.78 is 11.9. The van der Waals surface area contributed by atoms with E-state index < -0.39 is 0 Å².